The van der Waals surface area contributed by atoms with Gasteiger partial charge in [0.1, 0.15) is 11.6 Å². The Morgan fingerprint density at radius 1 is 1.23 bits per heavy atom. The molecule has 5 nitrogen and oxygen atoms in total. The lowest BCUT2D eigenvalue weighted by Crippen LogP contribution is -2.40. The second-order valence-corrected chi connectivity index (χ2v) is 7.08. The molecule has 0 aliphatic carbocycles. The molecule has 2 heterocycles. The summed E-state index contributed by atoms with van der Waals surface area (Å²) < 4.78 is 46.8. The molecule has 1 N–H and O–H groups in total. The maximum absolute atomic E-state index is 13.3. The fourth-order valence-electron chi connectivity index (χ4n) is 3.27. The zero-order chi connectivity index (χ0) is 21.5. The van der Waals surface area contributed by atoms with E-state index in [9.17, 15) is 18.0 Å². The van der Waals surface area contributed by atoms with Gasteiger partial charge in [-0.3, -0.25) is 0 Å². The number of benzene rings is 2. The minimum atomic E-state index is -4.87. The van der Waals surface area contributed by atoms with Gasteiger partial charge in [-0.1, -0.05) is 41.9 Å². The lowest BCUT2D eigenvalue weighted by molar-refractivity contribution is -0.187. The van der Waals surface area contributed by atoms with Crippen LogP contribution in [0.2, 0.25) is 5.02 Å². The van der Waals surface area contributed by atoms with Crippen molar-refractivity contribution < 1.29 is 27.8 Å². The number of carboxylic acid groups (broad SMARTS) is 1. The molecule has 1 aliphatic rings. The summed E-state index contributed by atoms with van der Waals surface area (Å²) in [6.07, 6.45) is -3.12. The summed E-state index contributed by atoms with van der Waals surface area (Å²) in [4.78, 5) is 15.6. The number of fused-ring (bicyclic) bond motifs is 1. The topological polar surface area (TPSA) is 64.3 Å². The van der Waals surface area contributed by atoms with E-state index in [0.717, 1.165) is 11.6 Å². The first-order valence-corrected chi connectivity index (χ1v) is 9.19. The molecular formula is C21H14ClF3N2O3. The average Bonchev–Trinajstić information content (AvgIpc) is 3.15. The van der Waals surface area contributed by atoms with Crippen LogP contribution in [0.1, 0.15) is 11.1 Å². The number of ether oxygens (including phenoxy) is 1. The Labute approximate surface area is 174 Å². The second-order valence-electron chi connectivity index (χ2n) is 6.67. The Balaban J connectivity index is 1.71. The SMILES string of the molecule is O=C(O)C1=Cc2cc(Cl)c(Cn3ccnc3-c3ccccc3)cc2OC1C(F)(F)F. The monoisotopic (exact) mass is 434 g/mol. The molecule has 9 heteroatoms. The first kappa shape index (κ1) is 20.0. The molecule has 0 radical (unpaired) electrons. The van der Waals surface area contributed by atoms with E-state index in [0.29, 0.717) is 11.4 Å². The Hall–Kier alpha value is -3.26. The van der Waals surface area contributed by atoms with Gasteiger partial charge in [0.15, 0.2) is 0 Å². The van der Waals surface area contributed by atoms with Crippen LogP contribution in [0.25, 0.3) is 17.5 Å². The molecule has 30 heavy (non-hydrogen) atoms. The molecular weight excluding hydrogens is 421 g/mol. The van der Waals surface area contributed by atoms with Crippen molar-refractivity contribution in [1.82, 2.24) is 9.55 Å². The third-order valence-electron chi connectivity index (χ3n) is 4.65. The highest BCUT2D eigenvalue weighted by molar-refractivity contribution is 6.31. The van der Waals surface area contributed by atoms with Crippen molar-refractivity contribution in [2.24, 2.45) is 0 Å². The van der Waals surface area contributed by atoms with Gasteiger partial charge in [-0.15, -0.1) is 0 Å². The van der Waals surface area contributed by atoms with Crippen LogP contribution in [0.4, 0.5) is 13.2 Å². The number of rotatable bonds is 4. The van der Waals surface area contributed by atoms with Gasteiger partial charge >= 0.3 is 12.1 Å². The lowest BCUT2D eigenvalue weighted by Gasteiger charge is -2.27. The van der Waals surface area contributed by atoms with Crippen LogP contribution < -0.4 is 4.74 Å². The van der Waals surface area contributed by atoms with Gasteiger partial charge in [0.25, 0.3) is 0 Å². The summed E-state index contributed by atoms with van der Waals surface area (Å²) in [7, 11) is 0. The fraction of sp³-hybridized carbons (Fsp3) is 0.143. The number of halogens is 4. The zero-order valence-electron chi connectivity index (χ0n) is 15.2. The van der Waals surface area contributed by atoms with E-state index in [1.54, 1.807) is 12.4 Å². The predicted octanol–water partition coefficient (Wildman–Crippen LogP) is 5.04. The van der Waals surface area contributed by atoms with Gasteiger partial charge in [-0.05, 0) is 23.8 Å². The molecule has 3 aromatic rings. The highest BCUT2D eigenvalue weighted by Crippen LogP contribution is 2.39. The Morgan fingerprint density at radius 3 is 2.63 bits per heavy atom. The van der Waals surface area contributed by atoms with Crippen molar-refractivity contribution in [3.63, 3.8) is 0 Å². The Bertz CT molecular complexity index is 1140. The van der Waals surface area contributed by atoms with Crippen LogP contribution in [0.5, 0.6) is 5.75 Å². The van der Waals surface area contributed by atoms with E-state index in [1.807, 2.05) is 34.9 Å². The Kier molecular flexibility index (Phi) is 5.03. The van der Waals surface area contributed by atoms with E-state index < -0.39 is 23.8 Å². The van der Waals surface area contributed by atoms with E-state index in [4.69, 9.17) is 21.4 Å². The van der Waals surface area contributed by atoms with Gasteiger partial charge in [-0.2, -0.15) is 13.2 Å². The minimum Gasteiger partial charge on any atom is -0.478 e. The molecule has 1 atom stereocenters. The fourth-order valence-corrected chi connectivity index (χ4v) is 3.50. The Morgan fingerprint density at radius 2 is 1.97 bits per heavy atom. The average molecular weight is 435 g/mol. The van der Waals surface area contributed by atoms with Gasteiger partial charge < -0.3 is 14.4 Å². The van der Waals surface area contributed by atoms with Crippen LogP contribution in [-0.4, -0.2) is 32.9 Å². The maximum atomic E-state index is 13.3. The van der Waals surface area contributed by atoms with E-state index in [1.165, 1.54) is 12.1 Å². The summed E-state index contributed by atoms with van der Waals surface area (Å²) in [6, 6.07) is 12.2. The van der Waals surface area contributed by atoms with E-state index in [2.05, 4.69) is 4.98 Å². The molecule has 1 unspecified atom stereocenters. The summed E-state index contributed by atoms with van der Waals surface area (Å²) in [5, 5.41) is 9.41. The third kappa shape index (κ3) is 3.78. The van der Waals surface area contributed by atoms with Crippen molar-refractivity contribution in [2.45, 2.75) is 18.8 Å². The summed E-state index contributed by atoms with van der Waals surface area (Å²) in [5.41, 5.74) is 0.674. The number of carbonyl (C=O) groups is 1. The summed E-state index contributed by atoms with van der Waals surface area (Å²) >= 11 is 6.34. The van der Waals surface area contributed by atoms with Crippen molar-refractivity contribution in [2.75, 3.05) is 0 Å². The highest BCUT2D eigenvalue weighted by atomic mass is 35.5. The van der Waals surface area contributed by atoms with Gasteiger partial charge in [0, 0.05) is 28.5 Å². The van der Waals surface area contributed by atoms with Crippen molar-refractivity contribution in [3.05, 3.63) is 76.6 Å². The third-order valence-corrected chi connectivity index (χ3v) is 5.00. The lowest BCUT2D eigenvalue weighted by atomic mass is 9.99. The number of alkyl halides is 3. The summed E-state index contributed by atoms with van der Waals surface area (Å²) in [6.45, 7) is 0.242. The van der Waals surface area contributed by atoms with Crippen molar-refractivity contribution in [1.29, 1.82) is 0 Å². The number of aliphatic carboxylic acids is 1. The molecule has 1 aromatic heterocycles. The van der Waals surface area contributed by atoms with E-state index in [-0.39, 0.29) is 22.9 Å². The molecule has 154 valence electrons. The van der Waals surface area contributed by atoms with Gasteiger partial charge in [-0.25, -0.2) is 9.78 Å². The van der Waals surface area contributed by atoms with Crippen molar-refractivity contribution >= 4 is 23.6 Å². The molecule has 0 bridgehead atoms. The zero-order valence-corrected chi connectivity index (χ0v) is 16.0. The largest absolute Gasteiger partial charge is 0.478 e. The molecule has 0 saturated carbocycles. The smallest absolute Gasteiger partial charge is 0.430 e. The van der Waals surface area contributed by atoms with Crippen LogP contribution in [-0.2, 0) is 11.3 Å². The molecule has 0 amide bonds. The number of hydrogen-bond acceptors (Lipinski definition) is 3. The number of aromatic nitrogens is 2. The van der Waals surface area contributed by atoms with Crippen molar-refractivity contribution in [3.8, 4) is 17.1 Å². The normalized spacial score (nSPS) is 15.9. The second kappa shape index (κ2) is 7.53. The van der Waals surface area contributed by atoms with Crippen LogP contribution in [0, 0.1) is 0 Å². The molecule has 1 aliphatic heterocycles. The maximum Gasteiger partial charge on any atom is 0.430 e. The van der Waals surface area contributed by atoms with E-state index >= 15 is 0 Å². The molecule has 0 fully saturated rings. The van der Waals surface area contributed by atoms with Gasteiger partial charge in [0.2, 0.25) is 6.10 Å². The number of nitrogens with zero attached hydrogens (tertiary/aromatic N) is 2. The first-order chi connectivity index (χ1) is 14.2. The quantitative estimate of drug-likeness (QED) is 0.624. The number of hydrogen-bond donors (Lipinski definition) is 1. The standard InChI is InChI=1S/C21H14ClF3N2O3/c22-16-9-13-8-15(20(28)29)18(21(23,24)25)30-17(13)10-14(16)11-27-7-6-26-19(27)12-4-2-1-3-5-12/h1-10,18H,11H2,(H,28,29). The van der Waals surface area contributed by atoms with Crippen LogP contribution >= 0.6 is 11.6 Å². The van der Waals surface area contributed by atoms with Gasteiger partial charge in [0.05, 0.1) is 12.1 Å². The first-order valence-electron chi connectivity index (χ1n) is 8.81. The predicted molar refractivity (Wildman–Crippen MR) is 104 cm³/mol. The minimum absolute atomic E-state index is 0.0805. The van der Waals surface area contributed by atoms with Crippen LogP contribution in [0.15, 0.2) is 60.4 Å². The highest BCUT2D eigenvalue weighted by Gasteiger charge is 2.48. The number of carboxylic acids is 1. The molecule has 2 aromatic carbocycles. The van der Waals surface area contributed by atoms with Crippen LogP contribution in [0.3, 0.4) is 0 Å². The summed E-state index contributed by atoms with van der Waals surface area (Å²) in [5.74, 6) is -1.11. The molecule has 4 rings (SSSR count). The molecule has 0 spiro atoms. The molecule has 0 saturated heterocycles. The number of imidazole rings is 1.